The maximum Gasteiger partial charge on any atom is 0.387 e. The van der Waals surface area contributed by atoms with Crippen LogP contribution in [0.5, 0.6) is 5.75 Å². The van der Waals surface area contributed by atoms with Crippen LogP contribution in [0, 0.1) is 0 Å². The zero-order chi connectivity index (χ0) is 15.2. The molecule has 2 rings (SSSR count). The van der Waals surface area contributed by atoms with Crippen molar-refractivity contribution in [1.82, 2.24) is 0 Å². The van der Waals surface area contributed by atoms with Crippen LogP contribution in [0.2, 0.25) is 0 Å². The molecule has 0 bridgehead atoms. The van der Waals surface area contributed by atoms with E-state index in [-0.39, 0.29) is 5.75 Å². The van der Waals surface area contributed by atoms with Crippen molar-refractivity contribution in [2.75, 3.05) is 5.32 Å². The minimum atomic E-state index is -2.83. The summed E-state index contributed by atoms with van der Waals surface area (Å²) < 4.78 is 28.3. The number of rotatable bonds is 5. The van der Waals surface area contributed by atoms with E-state index in [1.807, 2.05) is 24.3 Å². The summed E-state index contributed by atoms with van der Waals surface area (Å²) in [5.41, 5.74) is 2.91. The van der Waals surface area contributed by atoms with Crippen molar-refractivity contribution in [2.45, 2.75) is 13.5 Å². The fourth-order valence-electron chi connectivity index (χ4n) is 1.74. The average molecular weight is 292 g/mol. The van der Waals surface area contributed by atoms with Gasteiger partial charge in [0.2, 0.25) is 0 Å². The Labute approximate surface area is 120 Å². The molecular formula is C15H14F2N2O2. The second kappa shape index (κ2) is 6.69. The molecule has 0 radical (unpaired) electrons. The Kier molecular flexibility index (Phi) is 4.71. The Morgan fingerprint density at radius 1 is 1.05 bits per heavy atom. The molecule has 2 aromatic carbocycles. The molecule has 0 saturated carbocycles. The van der Waals surface area contributed by atoms with E-state index in [9.17, 15) is 8.78 Å². The van der Waals surface area contributed by atoms with Gasteiger partial charge < -0.3 is 15.3 Å². The van der Waals surface area contributed by atoms with E-state index in [0.717, 1.165) is 16.9 Å². The monoisotopic (exact) mass is 292 g/mol. The molecule has 0 aromatic heterocycles. The molecule has 21 heavy (non-hydrogen) atoms. The zero-order valence-electron chi connectivity index (χ0n) is 11.3. The van der Waals surface area contributed by atoms with Gasteiger partial charge in [0.05, 0.1) is 5.71 Å². The predicted molar refractivity (Wildman–Crippen MR) is 76.8 cm³/mol. The topological polar surface area (TPSA) is 53.9 Å². The molecule has 4 nitrogen and oxygen atoms in total. The highest BCUT2D eigenvalue weighted by Crippen LogP contribution is 2.21. The van der Waals surface area contributed by atoms with E-state index in [0.29, 0.717) is 5.71 Å². The van der Waals surface area contributed by atoms with Gasteiger partial charge >= 0.3 is 6.61 Å². The van der Waals surface area contributed by atoms with Gasteiger partial charge in [-0.3, -0.25) is 0 Å². The zero-order valence-corrected chi connectivity index (χ0v) is 11.3. The van der Waals surface area contributed by atoms with Crippen molar-refractivity contribution in [3.05, 3.63) is 54.1 Å². The largest absolute Gasteiger partial charge is 0.435 e. The van der Waals surface area contributed by atoms with Crippen molar-refractivity contribution >= 4 is 17.1 Å². The first-order valence-electron chi connectivity index (χ1n) is 6.19. The van der Waals surface area contributed by atoms with Crippen molar-refractivity contribution in [3.8, 4) is 5.75 Å². The lowest BCUT2D eigenvalue weighted by Gasteiger charge is -2.09. The van der Waals surface area contributed by atoms with Crippen LogP contribution in [0.1, 0.15) is 12.5 Å². The molecule has 0 aliphatic heterocycles. The number of halogens is 2. The number of ether oxygens (including phenoxy) is 1. The lowest BCUT2D eigenvalue weighted by molar-refractivity contribution is -0.0498. The fourth-order valence-corrected chi connectivity index (χ4v) is 1.74. The normalized spacial score (nSPS) is 11.5. The van der Waals surface area contributed by atoms with Gasteiger partial charge in [-0.15, -0.1) is 0 Å². The first-order chi connectivity index (χ1) is 10.1. The van der Waals surface area contributed by atoms with Gasteiger partial charge in [0.15, 0.2) is 0 Å². The number of anilines is 2. The molecule has 0 atom stereocenters. The van der Waals surface area contributed by atoms with E-state index in [2.05, 4.69) is 15.2 Å². The van der Waals surface area contributed by atoms with Gasteiger partial charge in [0, 0.05) is 11.4 Å². The molecule has 0 aliphatic carbocycles. The van der Waals surface area contributed by atoms with Crippen LogP contribution in [0.4, 0.5) is 20.2 Å². The van der Waals surface area contributed by atoms with Gasteiger partial charge in [0.1, 0.15) is 5.75 Å². The van der Waals surface area contributed by atoms with Crippen molar-refractivity contribution in [1.29, 1.82) is 0 Å². The third-order valence-corrected chi connectivity index (χ3v) is 2.82. The Morgan fingerprint density at radius 2 is 1.57 bits per heavy atom. The molecule has 2 N–H and O–H groups in total. The van der Waals surface area contributed by atoms with Crippen molar-refractivity contribution < 1.29 is 18.7 Å². The van der Waals surface area contributed by atoms with Gasteiger partial charge in [-0.05, 0) is 48.9 Å². The van der Waals surface area contributed by atoms with Gasteiger partial charge in [-0.1, -0.05) is 17.3 Å². The molecule has 0 saturated heterocycles. The number of nitrogens with zero attached hydrogens (tertiary/aromatic N) is 1. The minimum absolute atomic E-state index is 0.112. The molecule has 0 fully saturated rings. The Morgan fingerprint density at radius 3 is 2.05 bits per heavy atom. The van der Waals surface area contributed by atoms with Crippen LogP contribution in [-0.4, -0.2) is 17.5 Å². The third-order valence-electron chi connectivity index (χ3n) is 2.82. The molecule has 0 aliphatic rings. The summed E-state index contributed by atoms with van der Waals surface area (Å²) in [7, 11) is 0. The fraction of sp³-hybridized carbons (Fsp3) is 0.133. The minimum Gasteiger partial charge on any atom is -0.435 e. The summed E-state index contributed by atoms with van der Waals surface area (Å²) in [5, 5.41) is 14.9. The summed E-state index contributed by atoms with van der Waals surface area (Å²) in [6.07, 6.45) is 0. The number of hydrogen-bond acceptors (Lipinski definition) is 4. The second-order valence-electron chi connectivity index (χ2n) is 4.29. The van der Waals surface area contributed by atoms with E-state index in [1.165, 1.54) is 12.1 Å². The third kappa shape index (κ3) is 4.17. The molecule has 0 heterocycles. The van der Waals surface area contributed by atoms with Gasteiger partial charge in [-0.25, -0.2) is 0 Å². The Balaban J connectivity index is 2.04. The second-order valence-corrected chi connectivity index (χ2v) is 4.29. The average Bonchev–Trinajstić information content (AvgIpc) is 2.49. The summed E-state index contributed by atoms with van der Waals surface area (Å²) >= 11 is 0. The van der Waals surface area contributed by atoms with Crippen LogP contribution in [0.15, 0.2) is 53.7 Å². The van der Waals surface area contributed by atoms with Crippen LogP contribution in [-0.2, 0) is 0 Å². The highest BCUT2D eigenvalue weighted by molar-refractivity contribution is 5.98. The summed E-state index contributed by atoms with van der Waals surface area (Å²) in [4.78, 5) is 0. The summed E-state index contributed by atoms with van der Waals surface area (Å²) in [5.74, 6) is 0.112. The predicted octanol–water partition coefficient (Wildman–Crippen LogP) is 4.23. The Bertz CT molecular complexity index is 611. The molecule has 0 spiro atoms. The maximum absolute atomic E-state index is 12.0. The van der Waals surface area contributed by atoms with Crippen LogP contribution in [0.25, 0.3) is 0 Å². The molecule has 0 unspecified atom stereocenters. The lowest BCUT2D eigenvalue weighted by atomic mass is 10.1. The van der Waals surface area contributed by atoms with Crippen molar-refractivity contribution in [3.63, 3.8) is 0 Å². The summed E-state index contributed by atoms with van der Waals surface area (Å²) in [6, 6.07) is 13.5. The van der Waals surface area contributed by atoms with E-state index in [1.54, 1.807) is 19.1 Å². The quantitative estimate of drug-likeness (QED) is 0.492. The number of hydrogen-bond donors (Lipinski definition) is 2. The first-order valence-corrected chi connectivity index (χ1v) is 6.19. The molecule has 0 amide bonds. The highest BCUT2D eigenvalue weighted by atomic mass is 19.3. The smallest absolute Gasteiger partial charge is 0.387 e. The van der Waals surface area contributed by atoms with Crippen LogP contribution >= 0.6 is 0 Å². The van der Waals surface area contributed by atoms with Crippen molar-refractivity contribution in [2.24, 2.45) is 5.16 Å². The summed E-state index contributed by atoms with van der Waals surface area (Å²) in [6.45, 7) is -1.13. The van der Waals surface area contributed by atoms with E-state index < -0.39 is 6.61 Å². The van der Waals surface area contributed by atoms with E-state index >= 15 is 0 Å². The SMILES string of the molecule is C/C(=N/O)c1ccc(Nc2ccc(OC(F)F)cc2)cc1. The standard InChI is InChI=1S/C15H14F2N2O2/c1-10(19-20)11-2-4-12(5-3-11)18-13-6-8-14(9-7-13)21-15(16)17/h2-9,15,18,20H,1H3/b19-10-. The number of alkyl halides is 2. The maximum atomic E-state index is 12.0. The van der Waals surface area contributed by atoms with E-state index in [4.69, 9.17) is 5.21 Å². The lowest BCUT2D eigenvalue weighted by Crippen LogP contribution is -2.01. The highest BCUT2D eigenvalue weighted by Gasteiger charge is 2.04. The van der Waals surface area contributed by atoms with Crippen LogP contribution < -0.4 is 10.1 Å². The number of benzene rings is 2. The van der Waals surface area contributed by atoms with Gasteiger partial charge in [0.25, 0.3) is 0 Å². The number of nitrogens with one attached hydrogen (secondary N) is 1. The first kappa shape index (κ1) is 14.8. The van der Waals surface area contributed by atoms with Crippen LogP contribution in [0.3, 0.4) is 0 Å². The number of oxime groups is 1. The molecule has 6 heteroatoms. The molecule has 110 valence electrons. The molecule has 2 aromatic rings. The van der Waals surface area contributed by atoms with Gasteiger partial charge in [-0.2, -0.15) is 8.78 Å². The molecular weight excluding hydrogens is 278 g/mol. The Hall–Kier alpha value is -2.63.